The number of nitrogens with one attached hydrogen (secondary N) is 1. The number of fused-ring (bicyclic) bond motifs is 1. The van der Waals surface area contributed by atoms with E-state index < -0.39 is 57.3 Å². The summed E-state index contributed by atoms with van der Waals surface area (Å²) in [6.07, 6.45) is -4.51. The van der Waals surface area contributed by atoms with E-state index in [0.717, 1.165) is 12.1 Å². The van der Waals surface area contributed by atoms with Gasteiger partial charge in [0.2, 0.25) is 5.91 Å². The van der Waals surface area contributed by atoms with Crippen LogP contribution in [0, 0.1) is 29.5 Å². The Morgan fingerprint density at radius 2 is 1.90 bits per heavy atom. The number of hydrogen-bond donors (Lipinski definition) is 1. The fraction of sp³-hybridized carbons (Fsp3) is 0.407. The Morgan fingerprint density at radius 1 is 1.15 bits per heavy atom. The van der Waals surface area contributed by atoms with Crippen LogP contribution in [0.1, 0.15) is 40.9 Å². The zero-order valence-corrected chi connectivity index (χ0v) is 21.5. The molecule has 1 N–H and O–H groups in total. The first-order valence-corrected chi connectivity index (χ1v) is 14.0. The summed E-state index contributed by atoms with van der Waals surface area (Å²) in [7, 11) is -3.58. The molecule has 2 aliphatic heterocycles. The van der Waals surface area contributed by atoms with E-state index in [1.165, 1.54) is 36.1 Å². The van der Waals surface area contributed by atoms with Crippen molar-refractivity contribution in [1.82, 2.24) is 10.2 Å². The van der Waals surface area contributed by atoms with Gasteiger partial charge in [-0.05, 0) is 36.8 Å². The lowest BCUT2D eigenvalue weighted by atomic mass is 9.89. The second-order valence-electron chi connectivity index (χ2n) is 9.75. The van der Waals surface area contributed by atoms with Crippen molar-refractivity contribution in [3.63, 3.8) is 0 Å². The van der Waals surface area contributed by atoms with Crippen molar-refractivity contribution in [3.8, 4) is 11.8 Å². The Kier molecular flexibility index (Phi) is 6.93. The van der Waals surface area contributed by atoms with Gasteiger partial charge in [-0.1, -0.05) is 30.9 Å². The minimum absolute atomic E-state index is 0.0184. The van der Waals surface area contributed by atoms with Crippen molar-refractivity contribution < 1.29 is 40.3 Å². The third-order valence-corrected chi connectivity index (χ3v) is 9.10. The summed E-state index contributed by atoms with van der Waals surface area (Å²) in [5.74, 6) is 2.71. The number of likely N-dealkylation sites (tertiary alicyclic amines) is 1. The number of nitrogens with zero attached hydrogens (tertiary/aromatic N) is 1. The summed E-state index contributed by atoms with van der Waals surface area (Å²) in [6.45, 7) is 1.83. The molecule has 2 aromatic carbocycles. The van der Waals surface area contributed by atoms with Crippen molar-refractivity contribution in [1.29, 1.82) is 0 Å². The highest BCUT2D eigenvalue weighted by Gasteiger charge is 2.49. The maximum absolute atomic E-state index is 14.9. The van der Waals surface area contributed by atoms with Crippen LogP contribution < -0.4 is 5.32 Å². The van der Waals surface area contributed by atoms with Gasteiger partial charge in [0.25, 0.3) is 5.91 Å². The molecule has 2 fully saturated rings. The lowest BCUT2D eigenvalue weighted by Crippen LogP contribution is -2.52. The zero-order valence-electron chi connectivity index (χ0n) is 20.7. The fourth-order valence-electron chi connectivity index (χ4n) is 5.02. The van der Waals surface area contributed by atoms with Crippen LogP contribution in [0.5, 0.6) is 0 Å². The predicted molar refractivity (Wildman–Crippen MR) is 130 cm³/mol. The van der Waals surface area contributed by atoms with Gasteiger partial charge in [-0.25, -0.2) is 12.8 Å². The average molecular weight is 565 g/mol. The standard InChI is InChI=1S/C27H24F4N2O5S/c1-2-39(36,37)19-5-3-4-16(10-19)26(35)33-22-9-6-15(22)11-23(33)25(34)32-24(17-13-38-14-17)20-8-7-18(12-21(20)28)27(29,30)31/h3-5,7-8,10,12,15,17,22-24H,2,11,13-14H2,1H3,(H,32,34)/t15-,22-,23-,24-/m1/s1. The topological polar surface area (TPSA) is 92.8 Å². The first kappa shape index (κ1) is 27.1. The van der Waals surface area contributed by atoms with Gasteiger partial charge in [0.1, 0.15) is 17.9 Å². The van der Waals surface area contributed by atoms with E-state index in [1.807, 2.05) is 0 Å². The molecule has 12 heteroatoms. The second kappa shape index (κ2) is 9.95. The number of carbonyl (C=O) groups is 2. The van der Waals surface area contributed by atoms with E-state index in [2.05, 4.69) is 17.2 Å². The molecule has 0 aromatic heterocycles. The van der Waals surface area contributed by atoms with E-state index >= 15 is 0 Å². The molecular weight excluding hydrogens is 540 g/mol. The Hall–Kier alpha value is -3.43. The van der Waals surface area contributed by atoms with Crippen molar-refractivity contribution in [3.05, 3.63) is 65.0 Å². The molecule has 4 atom stereocenters. The molecule has 0 unspecified atom stereocenters. The summed E-state index contributed by atoms with van der Waals surface area (Å²) in [5, 5.41) is 2.74. The van der Waals surface area contributed by atoms with Gasteiger partial charge in [0.15, 0.2) is 9.84 Å². The first-order valence-electron chi connectivity index (χ1n) is 12.3. The Balaban J connectivity index is 1.42. The van der Waals surface area contributed by atoms with E-state index in [9.17, 15) is 35.6 Å². The van der Waals surface area contributed by atoms with Gasteiger partial charge in [-0.2, -0.15) is 13.2 Å². The summed E-state index contributed by atoms with van der Waals surface area (Å²) >= 11 is 0. The quantitative estimate of drug-likeness (QED) is 0.412. The van der Waals surface area contributed by atoms with Crippen LogP contribution in [-0.2, 0) is 25.5 Å². The Bertz CT molecular complexity index is 1490. The lowest BCUT2D eigenvalue weighted by Gasteiger charge is -2.36. The van der Waals surface area contributed by atoms with E-state index in [1.54, 1.807) is 0 Å². The van der Waals surface area contributed by atoms with E-state index in [0.29, 0.717) is 6.07 Å². The van der Waals surface area contributed by atoms with Crippen LogP contribution in [0.25, 0.3) is 0 Å². The molecule has 1 aliphatic carbocycles. The smallest absolute Gasteiger partial charge is 0.381 e. The van der Waals surface area contributed by atoms with Crippen LogP contribution in [0.2, 0.25) is 0 Å². The predicted octanol–water partition coefficient (Wildman–Crippen LogP) is 3.36. The van der Waals surface area contributed by atoms with Crippen LogP contribution in [0.4, 0.5) is 17.6 Å². The first-order chi connectivity index (χ1) is 18.4. The van der Waals surface area contributed by atoms with Crippen molar-refractivity contribution in [2.24, 2.45) is 11.8 Å². The van der Waals surface area contributed by atoms with Gasteiger partial charge in [-0.3, -0.25) is 9.59 Å². The SMILES string of the molecule is CCS(=O)(=O)c1cccc(C(=O)N2[C@@H](C(=O)N[C@@H](c3ccc(C(F)(F)F)cc3F)C3COC3)C[C@H]3C#C[C@H]32)c1. The maximum atomic E-state index is 14.9. The van der Waals surface area contributed by atoms with E-state index in [4.69, 9.17) is 4.74 Å². The molecule has 3 aliphatic rings. The molecule has 5 rings (SSSR count). The summed E-state index contributed by atoms with van der Waals surface area (Å²) in [4.78, 5) is 28.4. The number of rotatable bonds is 7. The zero-order chi connectivity index (χ0) is 28.1. The van der Waals surface area contributed by atoms with Gasteiger partial charge < -0.3 is 15.0 Å². The minimum atomic E-state index is -4.73. The van der Waals surface area contributed by atoms with Crippen LogP contribution >= 0.6 is 0 Å². The molecule has 0 saturated carbocycles. The number of sulfone groups is 1. The molecule has 2 aromatic rings. The molecule has 0 bridgehead atoms. The number of alkyl halides is 3. The van der Waals surface area contributed by atoms with Crippen molar-refractivity contribution >= 4 is 21.7 Å². The third kappa shape index (κ3) is 5.01. The van der Waals surface area contributed by atoms with Crippen LogP contribution in [0.3, 0.4) is 0 Å². The number of benzene rings is 2. The highest BCUT2D eigenvalue weighted by atomic mass is 32.2. The average Bonchev–Trinajstić information content (AvgIpc) is 3.11. The molecule has 206 valence electrons. The maximum Gasteiger partial charge on any atom is 0.416 e. The monoisotopic (exact) mass is 564 g/mol. The number of halogens is 4. The second-order valence-corrected chi connectivity index (χ2v) is 12.0. The van der Waals surface area contributed by atoms with Crippen molar-refractivity contribution in [2.75, 3.05) is 19.0 Å². The normalized spacial score (nSPS) is 23.1. The highest BCUT2D eigenvalue weighted by Crippen LogP contribution is 2.38. The van der Waals surface area contributed by atoms with Gasteiger partial charge >= 0.3 is 6.18 Å². The molecule has 2 amide bonds. The molecule has 0 radical (unpaired) electrons. The van der Waals surface area contributed by atoms with Crippen LogP contribution in [-0.4, -0.2) is 56.2 Å². The Labute approximate surface area is 222 Å². The number of carbonyl (C=O) groups excluding carboxylic acids is 2. The number of hydrogen-bond acceptors (Lipinski definition) is 5. The largest absolute Gasteiger partial charge is 0.416 e. The molecule has 2 heterocycles. The Morgan fingerprint density at radius 3 is 2.46 bits per heavy atom. The fourth-order valence-corrected chi connectivity index (χ4v) is 5.94. The third-order valence-electron chi connectivity index (χ3n) is 7.36. The summed E-state index contributed by atoms with van der Waals surface area (Å²) in [6, 6.07) is 5.17. The summed E-state index contributed by atoms with van der Waals surface area (Å²) < 4.78 is 83.9. The molecular formula is C27H24F4N2O5S. The number of ether oxygens (including phenoxy) is 1. The van der Waals surface area contributed by atoms with Crippen LogP contribution in [0.15, 0.2) is 47.4 Å². The number of amides is 2. The molecule has 2 saturated heterocycles. The van der Waals surface area contributed by atoms with E-state index in [-0.39, 0.29) is 53.2 Å². The van der Waals surface area contributed by atoms with Gasteiger partial charge in [-0.15, -0.1) is 0 Å². The molecule has 7 nitrogen and oxygen atoms in total. The lowest BCUT2D eigenvalue weighted by molar-refractivity contribution is -0.138. The highest BCUT2D eigenvalue weighted by molar-refractivity contribution is 7.91. The van der Waals surface area contributed by atoms with Crippen molar-refractivity contribution in [2.45, 2.75) is 42.5 Å². The molecule has 0 spiro atoms. The van der Waals surface area contributed by atoms with Gasteiger partial charge in [0.05, 0.1) is 41.4 Å². The van der Waals surface area contributed by atoms with Gasteiger partial charge in [0, 0.05) is 17.0 Å². The minimum Gasteiger partial charge on any atom is -0.381 e. The molecule has 39 heavy (non-hydrogen) atoms. The summed E-state index contributed by atoms with van der Waals surface area (Å²) in [5.41, 5.74) is -1.18.